The highest BCUT2D eigenvalue weighted by molar-refractivity contribution is 5.95. The van der Waals surface area contributed by atoms with Crippen molar-refractivity contribution in [2.24, 2.45) is 0 Å². The van der Waals surface area contributed by atoms with Gasteiger partial charge in [0.1, 0.15) is 11.9 Å². The molecule has 1 saturated heterocycles. The standard InChI is InChI=1S/C31H32F2N4O4/c1-20(35-30(40)31(2,32)33)28(21-8-4-3-5-9-21)41-26-13-14-27-23(17-26)18-34-37(27)24-11-6-10-22(16-24)29(39)36-15-7-12-25(36)19-38/h3-6,8-11,13-14,16-18,20,25,28,38H,7,12,15,19H2,1-2H3,(H,35,40)/t20-,25-,28-/m0/s1. The van der Waals surface area contributed by atoms with E-state index >= 15 is 0 Å². The van der Waals surface area contributed by atoms with Crippen LogP contribution in [0, 0.1) is 0 Å². The minimum atomic E-state index is -3.51. The number of amides is 2. The second-order valence-corrected chi connectivity index (χ2v) is 10.4. The highest BCUT2D eigenvalue weighted by atomic mass is 19.3. The van der Waals surface area contributed by atoms with Gasteiger partial charge in [0.2, 0.25) is 0 Å². The van der Waals surface area contributed by atoms with Crippen molar-refractivity contribution in [3.05, 3.63) is 90.1 Å². The molecule has 5 rings (SSSR count). The summed E-state index contributed by atoms with van der Waals surface area (Å²) in [4.78, 5) is 26.8. The molecule has 10 heteroatoms. The number of benzene rings is 3. The zero-order valence-electron chi connectivity index (χ0n) is 22.8. The van der Waals surface area contributed by atoms with Crippen LogP contribution >= 0.6 is 0 Å². The minimum absolute atomic E-state index is 0.0546. The van der Waals surface area contributed by atoms with E-state index in [1.807, 2.05) is 42.5 Å². The molecule has 0 saturated carbocycles. The number of halogens is 2. The number of ether oxygens (including phenoxy) is 1. The zero-order chi connectivity index (χ0) is 29.1. The Morgan fingerprint density at radius 1 is 1.12 bits per heavy atom. The molecule has 0 radical (unpaired) electrons. The third-order valence-electron chi connectivity index (χ3n) is 7.33. The molecule has 8 nitrogen and oxygen atoms in total. The summed E-state index contributed by atoms with van der Waals surface area (Å²) in [6, 6.07) is 20.8. The maximum atomic E-state index is 13.6. The van der Waals surface area contributed by atoms with Gasteiger partial charge in [0.15, 0.2) is 0 Å². The van der Waals surface area contributed by atoms with Gasteiger partial charge in [-0.25, -0.2) is 4.68 Å². The van der Waals surface area contributed by atoms with Gasteiger partial charge in [-0.2, -0.15) is 13.9 Å². The second-order valence-electron chi connectivity index (χ2n) is 10.4. The van der Waals surface area contributed by atoms with Crippen molar-refractivity contribution in [2.45, 2.75) is 50.8 Å². The zero-order valence-corrected chi connectivity index (χ0v) is 22.8. The molecule has 0 bridgehead atoms. The first kappa shape index (κ1) is 28.2. The Morgan fingerprint density at radius 2 is 1.90 bits per heavy atom. The van der Waals surface area contributed by atoms with E-state index < -0.39 is 24.0 Å². The van der Waals surface area contributed by atoms with Gasteiger partial charge >= 0.3 is 5.92 Å². The third kappa shape index (κ3) is 6.07. The Hall–Kier alpha value is -4.31. The minimum Gasteiger partial charge on any atom is -0.484 e. The summed E-state index contributed by atoms with van der Waals surface area (Å²) in [7, 11) is 0. The molecule has 3 atom stereocenters. The summed E-state index contributed by atoms with van der Waals surface area (Å²) in [5, 5.41) is 17.3. The van der Waals surface area contributed by atoms with Crippen molar-refractivity contribution >= 4 is 22.7 Å². The fraction of sp³-hybridized carbons (Fsp3) is 0.323. The molecule has 0 aliphatic carbocycles. The van der Waals surface area contributed by atoms with Crippen LogP contribution < -0.4 is 10.1 Å². The van der Waals surface area contributed by atoms with Crippen molar-refractivity contribution in [1.29, 1.82) is 0 Å². The van der Waals surface area contributed by atoms with E-state index in [1.54, 1.807) is 53.0 Å². The first-order chi connectivity index (χ1) is 19.7. The van der Waals surface area contributed by atoms with Crippen molar-refractivity contribution < 1.29 is 28.2 Å². The summed E-state index contributed by atoms with van der Waals surface area (Å²) in [5.41, 5.74) is 2.72. The van der Waals surface area contributed by atoms with E-state index in [-0.39, 0.29) is 18.6 Å². The van der Waals surface area contributed by atoms with Gasteiger partial charge < -0.3 is 20.1 Å². The number of aromatic nitrogens is 2. The first-order valence-electron chi connectivity index (χ1n) is 13.6. The van der Waals surface area contributed by atoms with Gasteiger partial charge in [0.25, 0.3) is 11.8 Å². The molecule has 1 aliphatic rings. The highest BCUT2D eigenvalue weighted by Gasteiger charge is 2.35. The van der Waals surface area contributed by atoms with Crippen LogP contribution in [0.5, 0.6) is 5.75 Å². The molecular weight excluding hydrogens is 530 g/mol. The van der Waals surface area contributed by atoms with E-state index in [2.05, 4.69) is 10.4 Å². The van der Waals surface area contributed by atoms with Gasteiger partial charge in [-0.1, -0.05) is 36.4 Å². The number of aliphatic hydroxyl groups excluding tert-OH is 1. The van der Waals surface area contributed by atoms with Crippen LogP contribution in [0.1, 0.15) is 48.7 Å². The average molecular weight is 563 g/mol. The van der Waals surface area contributed by atoms with Crippen LogP contribution in [0.2, 0.25) is 0 Å². The lowest BCUT2D eigenvalue weighted by molar-refractivity contribution is -0.144. The van der Waals surface area contributed by atoms with Gasteiger partial charge in [-0.05, 0) is 61.7 Å². The highest BCUT2D eigenvalue weighted by Crippen LogP contribution is 2.30. The summed E-state index contributed by atoms with van der Waals surface area (Å²) in [6.45, 7) is 2.75. The number of carbonyl (C=O) groups excluding carboxylic acids is 2. The second kappa shape index (κ2) is 11.7. The molecular formula is C31H32F2N4O4. The number of nitrogens with one attached hydrogen (secondary N) is 1. The smallest absolute Gasteiger partial charge is 0.321 e. The number of carbonyl (C=O) groups is 2. The van der Waals surface area contributed by atoms with E-state index in [4.69, 9.17) is 4.74 Å². The predicted octanol–water partition coefficient (Wildman–Crippen LogP) is 4.90. The van der Waals surface area contributed by atoms with Gasteiger partial charge in [0, 0.05) is 24.4 Å². The monoisotopic (exact) mass is 562 g/mol. The fourth-order valence-corrected chi connectivity index (χ4v) is 5.18. The number of aliphatic hydroxyl groups is 1. The molecule has 2 amide bonds. The van der Waals surface area contributed by atoms with Gasteiger partial charge in [-0.15, -0.1) is 0 Å². The predicted molar refractivity (Wildman–Crippen MR) is 150 cm³/mol. The molecule has 1 aromatic heterocycles. The maximum absolute atomic E-state index is 13.6. The molecule has 1 aliphatic heterocycles. The number of hydrogen-bond donors (Lipinski definition) is 2. The largest absolute Gasteiger partial charge is 0.484 e. The Labute approximate surface area is 236 Å². The van der Waals surface area contributed by atoms with Gasteiger partial charge in [0.05, 0.1) is 36.1 Å². The molecule has 2 N–H and O–H groups in total. The number of rotatable bonds is 9. The Kier molecular flexibility index (Phi) is 8.03. The van der Waals surface area contributed by atoms with Gasteiger partial charge in [-0.3, -0.25) is 9.59 Å². The molecule has 0 unspecified atom stereocenters. The fourth-order valence-electron chi connectivity index (χ4n) is 5.18. The lowest BCUT2D eigenvalue weighted by Crippen LogP contribution is -2.46. The molecule has 2 heterocycles. The van der Waals surface area contributed by atoms with Crippen LogP contribution in [0.4, 0.5) is 8.78 Å². The van der Waals surface area contributed by atoms with Crippen molar-refractivity contribution in [2.75, 3.05) is 13.2 Å². The molecule has 3 aromatic carbocycles. The quantitative estimate of drug-likeness (QED) is 0.303. The number of fused-ring (bicyclic) bond motifs is 1. The Morgan fingerprint density at radius 3 is 2.63 bits per heavy atom. The molecule has 1 fully saturated rings. The normalized spacial score (nSPS) is 16.9. The summed E-state index contributed by atoms with van der Waals surface area (Å²) in [5.74, 6) is -4.53. The first-order valence-corrected chi connectivity index (χ1v) is 13.6. The summed E-state index contributed by atoms with van der Waals surface area (Å²) < 4.78 is 35.1. The van der Waals surface area contributed by atoms with E-state index in [1.165, 1.54) is 0 Å². The lowest BCUT2D eigenvalue weighted by Gasteiger charge is -2.27. The Bertz CT molecular complexity index is 1540. The topological polar surface area (TPSA) is 96.7 Å². The number of hydrogen-bond acceptors (Lipinski definition) is 5. The molecule has 4 aromatic rings. The van der Waals surface area contributed by atoms with E-state index in [9.17, 15) is 23.5 Å². The number of alkyl halides is 2. The number of nitrogens with zero attached hydrogens (tertiary/aromatic N) is 3. The Balaban J connectivity index is 1.40. The molecule has 214 valence electrons. The van der Waals surface area contributed by atoms with Crippen LogP contribution in [0.3, 0.4) is 0 Å². The number of likely N-dealkylation sites (tertiary alicyclic amines) is 1. The van der Waals surface area contributed by atoms with Crippen molar-refractivity contribution in [3.8, 4) is 11.4 Å². The van der Waals surface area contributed by atoms with Crippen LogP contribution in [-0.2, 0) is 4.79 Å². The van der Waals surface area contributed by atoms with Crippen LogP contribution in [-0.4, -0.2) is 62.8 Å². The third-order valence-corrected chi connectivity index (χ3v) is 7.33. The van der Waals surface area contributed by atoms with E-state index in [0.717, 1.165) is 29.3 Å². The average Bonchev–Trinajstić information content (AvgIpc) is 3.62. The van der Waals surface area contributed by atoms with Crippen molar-refractivity contribution in [3.63, 3.8) is 0 Å². The maximum Gasteiger partial charge on any atom is 0.321 e. The van der Waals surface area contributed by atoms with Crippen LogP contribution in [0.25, 0.3) is 16.6 Å². The summed E-state index contributed by atoms with van der Waals surface area (Å²) in [6.07, 6.45) is 2.61. The lowest BCUT2D eigenvalue weighted by atomic mass is 10.0. The molecule has 41 heavy (non-hydrogen) atoms. The van der Waals surface area contributed by atoms with Crippen LogP contribution in [0.15, 0.2) is 79.0 Å². The van der Waals surface area contributed by atoms with Crippen molar-refractivity contribution in [1.82, 2.24) is 20.0 Å². The summed E-state index contributed by atoms with van der Waals surface area (Å²) >= 11 is 0. The van der Waals surface area contributed by atoms with E-state index in [0.29, 0.717) is 30.5 Å². The molecule has 0 spiro atoms. The SMILES string of the molecule is C[C@H](NC(=O)C(C)(F)F)[C@H](Oc1ccc2c(cnn2-c2cccc(C(=O)N3CCC[C@H]3CO)c2)c1)c1ccccc1.